The van der Waals surface area contributed by atoms with E-state index < -0.39 is 5.91 Å². The van der Waals surface area contributed by atoms with Crippen molar-refractivity contribution in [2.24, 2.45) is 5.73 Å². The van der Waals surface area contributed by atoms with Crippen LogP contribution in [0, 0.1) is 0 Å². The number of likely N-dealkylation sites (N-methyl/N-ethyl adjacent to an activating group) is 1. The van der Waals surface area contributed by atoms with Crippen molar-refractivity contribution in [2.75, 3.05) is 18.9 Å². The van der Waals surface area contributed by atoms with Gasteiger partial charge in [-0.2, -0.15) is 0 Å². The molecule has 0 aliphatic rings. The second kappa shape index (κ2) is 4.56. The minimum Gasteiger partial charge on any atom is -0.364 e. The van der Waals surface area contributed by atoms with Crippen LogP contribution in [0.3, 0.4) is 0 Å². The molecule has 0 fully saturated rings. The lowest BCUT2D eigenvalue weighted by atomic mass is 10.5. The Bertz CT molecular complexity index is 349. The topological polar surface area (TPSA) is 97.1 Å². The molecule has 1 aromatic rings. The van der Waals surface area contributed by atoms with Gasteiger partial charge in [0.15, 0.2) is 5.13 Å². The van der Waals surface area contributed by atoms with Crippen molar-refractivity contribution in [1.82, 2.24) is 10.3 Å². The van der Waals surface area contributed by atoms with Gasteiger partial charge in [-0.25, -0.2) is 4.98 Å². The van der Waals surface area contributed by atoms with Gasteiger partial charge < -0.3 is 16.4 Å². The van der Waals surface area contributed by atoms with E-state index >= 15 is 0 Å². The van der Waals surface area contributed by atoms with Gasteiger partial charge >= 0.3 is 0 Å². The van der Waals surface area contributed by atoms with Gasteiger partial charge in [-0.1, -0.05) is 0 Å². The zero-order valence-corrected chi connectivity index (χ0v) is 8.35. The third-order valence-corrected chi connectivity index (χ3v) is 2.24. The minimum absolute atomic E-state index is 0.127. The SMILES string of the molecule is CNC(=O)CNc1nc(C(N)=O)cs1. The van der Waals surface area contributed by atoms with Crippen molar-refractivity contribution in [3.63, 3.8) is 0 Å². The number of rotatable bonds is 4. The van der Waals surface area contributed by atoms with Crippen LogP contribution >= 0.6 is 11.3 Å². The average molecular weight is 214 g/mol. The lowest BCUT2D eigenvalue weighted by Gasteiger charge is -1.99. The zero-order chi connectivity index (χ0) is 10.6. The molecule has 0 aliphatic carbocycles. The van der Waals surface area contributed by atoms with Crippen molar-refractivity contribution < 1.29 is 9.59 Å². The molecule has 0 unspecified atom stereocenters. The third kappa shape index (κ3) is 2.70. The Labute approximate surface area is 84.5 Å². The average Bonchev–Trinajstić information content (AvgIpc) is 2.62. The second-order valence-corrected chi connectivity index (χ2v) is 3.29. The van der Waals surface area contributed by atoms with Crippen LogP contribution in [-0.4, -0.2) is 30.4 Å². The molecule has 14 heavy (non-hydrogen) atoms. The molecule has 7 heteroatoms. The Hall–Kier alpha value is -1.63. The maximum absolute atomic E-state index is 10.8. The summed E-state index contributed by atoms with van der Waals surface area (Å²) in [5.41, 5.74) is 5.21. The molecule has 0 saturated carbocycles. The van der Waals surface area contributed by atoms with Crippen LogP contribution in [0.25, 0.3) is 0 Å². The number of carbonyl (C=O) groups excluding carboxylic acids is 2. The molecule has 1 heterocycles. The number of anilines is 1. The van der Waals surface area contributed by atoms with Crippen molar-refractivity contribution in [3.05, 3.63) is 11.1 Å². The number of hydrogen-bond donors (Lipinski definition) is 3. The van der Waals surface area contributed by atoms with Crippen LogP contribution in [0.2, 0.25) is 0 Å². The predicted octanol–water partition coefficient (Wildman–Crippen LogP) is -0.600. The molecule has 76 valence electrons. The second-order valence-electron chi connectivity index (χ2n) is 2.43. The normalized spacial score (nSPS) is 9.50. The molecule has 4 N–H and O–H groups in total. The molecule has 0 atom stereocenters. The van der Waals surface area contributed by atoms with Crippen LogP contribution < -0.4 is 16.4 Å². The molecular weight excluding hydrogens is 204 g/mol. The van der Waals surface area contributed by atoms with Crippen LogP contribution in [0.15, 0.2) is 5.38 Å². The first-order valence-electron chi connectivity index (χ1n) is 3.83. The van der Waals surface area contributed by atoms with E-state index in [1.54, 1.807) is 7.05 Å². The number of thiazole rings is 1. The number of primary amides is 1. The highest BCUT2D eigenvalue weighted by molar-refractivity contribution is 7.13. The van der Waals surface area contributed by atoms with Gasteiger partial charge in [0.2, 0.25) is 5.91 Å². The fraction of sp³-hybridized carbons (Fsp3) is 0.286. The molecular formula is C7H10N4O2S. The standard InChI is InChI=1S/C7H10N4O2S/c1-9-5(12)2-10-7-11-4(3-14-7)6(8)13/h3H,2H2,1H3,(H2,8,13)(H,9,12)(H,10,11). The molecule has 0 bridgehead atoms. The molecule has 0 saturated heterocycles. The van der Waals surface area contributed by atoms with Crippen molar-refractivity contribution in [2.45, 2.75) is 0 Å². The summed E-state index contributed by atoms with van der Waals surface area (Å²) in [6, 6.07) is 0. The van der Waals surface area contributed by atoms with E-state index in [2.05, 4.69) is 15.6 Å². The monoisotopic (exact) mass is 214 g/mol. The van der Waals surface area contributed by atoms with E-state index in [9.17, 15) is 9.59 Å². The van der Waals surface area contributed by atoms with E-state index in [0.717, 1.165) is 0 Å². The highest BCUT2D eigenvalue weighted by Gasteiger charge is 2.06. The summed E-state index contributed by atoms with van der Waals surface area (Å²) in [5.74, 6) is -0.727. The van der Waals surface area contributed by atoms with Crippen molar-refractivity contribution >= 4 is 28.3 Å². The van der Waals surface area contributed by atoms with E-state index in [0.29, 0.717) is 5.13 Å². The zero-order valence-electron chi connectivity index (χ0n) is 7.53. The van der Waals surface area contributed by atoms with Gasteiger partial charge in [0.25, 0.3) is 5.91 Å². The summed E-state index contributed by atoms with van der Waals surface area (Å²) in [6.07, 6.45) is 0. The van der Waals surface area contributed by atoms with E-state index in [1.165, 1.54) is 16.7 Å². The summed E-state index contributed by atoms with van der Waals surface area (Å²) in [5, 5.41) is 7.25. The highest BCUT2D eigenvalue weighted by Crippen LogP contribution is 2.14. The van der Waals surface area contributed by atoms with Gasteiger partial charge in [0.05, 0.1) is 6.54 Å². The predicted molar refractivity (Wildman–Crippen MR) is 53.2 cm³/mol. The number of aromatic nitrogens is 1. The van der Waals surface area contributed by atoms with Gasteiger partial charge in [-0.3, -0.25) is 9.59 Å². The Kier molecular flexibility index (Phi) is 3.41. The van der Waals surface area contributed by atoms with E-state index in [4.69, 9.17) is 5.73 Å². The quantitative estimate of drug-likeness (QED) is 0.623. The number of amides is 2. The summed E-state index contributed by atoms with van der Waals surface area (Å²) < 4.78 is 0. The molecule has 0 aliphatic heterocycles. The molecule has 0 radical (unpaired) electrons. The number of nitrogens with zero attached hydrogens (tertiary/aromatic N) is 1. The summed E-state index contributed by atoms with van der Waals surface area (Å²) in [6.45, 7) is 0.127. The Morgan fingerprint density at radius 2 is 2.36 bits per heavy atom. The van der Waals surface area contributed by atoms with Crippen molar-refractivity contribution in [1.29, 1.82) is 0 Å². The van der Waals surface area contributed by atoms with Crippen LogP contribution in [0.5, 0.6) is 0 Å². The number of nitrogens with two attached hydrogens (primary N) is 1. The van der Waals surface area contributed by atoms with Crippen molar-refractivity contribution in [3.8, 4) is 0 Å². The maximum Gasteiger partial charge on any atom is 0.268 e. The molecule has 0 aromatic carbocycles. The largest absolute Gasteiger partial charge is 0.364 e. The Balaban J connectivity index is 2.52. The molecule has 1 rings (SSSR count). The fourth-order valence-electron chi connectivity index (χ4n) is 0.712. The molecule has 6 nitrogen and oxygen atoms in total. The summed E-state index contributed by atoms with van der Waals surface area (Å²) in [7, 11) is 1.54. The lowest BCUT2D eigenvalue weighted by Crippen LogP contribution is -2.26. The summed E-state index contributed by atoms with van der Waals surface area (Å²) >= 11 is 1.23. The first-order valence-corrected chi connectivity index (χ1v) is 4.71. The van der Waals surface area contributed by atoms with Crippen LogP contribution in [0.1, 0.15) is 10.5 Å². The molecule has 1 aromatic heterocycles. The van der Waals surface area contributed by atoms with Gasteiger partial charge in [-0.15, -0.1) is 11.3 Å². The Morgan fingerprint density at radius 1 is 1.64 bits per heavy atom. The van der Waals surface area contributed by atoms with Gasteiger partial charge in [0.1, 0.15) is 5.69 Å². The van der Waals surface area contributed by atoms with E-state index in [1.807, 2.05) is 0 Å². The van der Waals surface area contributed by atoms with Crippen LogP contribution in [0.4, 0.5) is 5.13 Å². The highest BCUT2D eigenvalue weighted by atomic mass is 32.1. The fourth-order valence-corrected chi connectivity index (χ4v) is 1.41. The van der Waals surface area contributed by atoms with Crippen LogP contribution in [-0.2, 0) is 4.79 Å². The van der Waals surface area contributed by atoms with E-state index in [-0.39, 0.29) is 18.1 Å². The summed E-state index contributed by atoms with van der Waals surface area (Å²) in [4.78, 5) is 25.4. The minimum atomic E-state index is -0.575. The number of carbonyl (C=O) groups is 2. The number of hydrogen-bond acceptors (Lipinski definition) is 5. The number of nitrogens with one attached hydrogen (secondary N) is 2. The molecule has 0 spiro atoms. The smallest absolute Gasteiger partial charge is 0.268 e. The first kappa shape index (κ1) is 10.5. The third-order valence-electron chi connectivity index (χ3n) is 1.44. The maximum atomic E-state index is 10.8. The Morgan fingerprint density at radius 3 is 2.86 bits per heavy atom. The lowest BCUT2D eigenvalue weighted by molar-refractivity contribution is -0.118. The van der Waals surface area contributed by atoms with Gasteiger partial charge in [-0.05, 0) is 0 Å². The molecule has 2 amide bonds. The first-order chi connectivity index (χ1) is 6.63. The van der Waals surface area contributed by atoms with Gasteiger partial charge in [0, 0.05) is 12.4 Å².